The molecule has 0 atom stereocenters. The number of halogens is 1. The lowest BCUT2D eigenvalue weighted by Gasteiger charge is -2.28. The number of aromatic nitrogens is 4. The monoisotopic (exact) mass is 498 g/mol. The Labute approximate surface area is 217 Å². The molecule has 4 aromatic rings. The van der Waals surface area contributed by atoms with Gasteiger partial charge in [0.15, 0.2) is 0 Å². The van der Waals surface area contributed by atoms with Gasteiger partial charge < -0.3 is 10.2 Å². The van der Waals surface area contributed by atoms with Crippen LogP contribution in [-0.2, 0) is 13.1 Å². The zero-order valence-electron chi connectivity index (χ0n) is 20.7. The highest BCUT2D eigenvalue weighted by molar-refractivity contribution is 6.30. The summed E-state index contributed by atoms with van der Waals surface area (Å²) in [5, 5.41) is 17.1. The van der Waals surface area contributed by atoms with Crippen LogP contribution in [0.4, 0.5) is 5.69 Å². The molecule has 0 radical (unpaired) electrons. The van der Waals surface area contributed by atoms with Crippen molar-refractivity contribution in [3.05, 3.63) is 120 Å². The molecule has 0 bridgehead atoms. The van der Waals surface area contributed by atoms with Gasteiger partial charge in [0, 0.05) is 34.2 Å². The molecule has 3 aromatic carbocycles. The van der Waals surface area contributed by atoms with Crippen LogP contribution >= 0.6 is 11.6 Å². The van der Waals surface area contributed by atoms with E-state index in [1.165, 1.54) is 11.1 Å². The standard InChI is InChI=1S/C29H31ClN6/c1-21(2)25-12-16-28(17-13-25)35(19-22(3)31-18-24-8-6-5-7-9-24)23(4)20-36-33-29(32-34-36)26-10-14-27(30)15-11-26/h5-17,21,31H,3-4,18-20H2,1-2H3. The maximum Gasteiger partial charge on any atom is 0.204 e. The van der Waals surface area contributed by atoms with E-state index in [4.69, 9.17) is 11.6 Å². The molecule has 0 amide bonds. The summed E-state index contributed by atoms with van der Waals surface area (Å²) in [6.45, 7) is 14.7. The van der Waals surface area contributed by atoms with Gasteiger partial charge in [0.2, 0.25) is 5.82 Å². The number of hydrogen-bond acceptors (Lipinski definition) is 5. The third-order valence-corrected chi connectivity index (χ3v) is 6.12. The second kappa shape index (κ2) is 11.7. The lowest BCUT2D eigenvalue weighted by Crippen LogP contribution is -2.31. The number of hydrogen-bond donors (Lipinski definition) is 1. The van der Waals surface area contributed by atoms with Crippen molar-refractivity contribution in [2.45, 2.75) is 32.9 Å². The maximum atomic E-state index is 6.00. The number of anilines is 1. The predicted molar refractivity (Wildman–Crippen MR) is 148 cm³/mol. The van der Waals surface area contributed by atoms with E-state index in [9.17, 15) is 0 Å². The van der Waals surface area contributed by atoms with Crippen LogP contribution in [0, 0.1) is 0 Å². The van der Waals surface area contributed by atoms with Crippen molar-refractivity contribution < 1.29 is 0 Å². The maximum absolute atomic E-state index is 6.00. The molecular weight excluding hydrogens is 468 g/mol. The average molecular weight is 499 g/mol. The highest BCUT2D eigenvalue weighted by Crippen LogP contribution is 2.24. The number of allylic oxidation sites excluding steroid dienone is 1. The Morgan fingerprint density at radius 1 is 0.972 bits per heavy atom. The summed E-state index contributed by atoms with van der Waals surface area (Å²) in [6, 6.07) is 26.2. The average Bonchev–Trinajstić information content (AvgIpc) is 3.35. The van der Waals surface area contributed by atoms with E-state index >= 15 is 0 Å². The quantitative estimate of drug-likeness (QED) is 0.258. The first-order chi connectivity index (χ1) is 17.4. The lowest BCUT2D eigenvalue weighted by atomic mass is 10.0. The minimum Gasteiger partial charge on any atom is -0.383 e. The van der Waals surface area contributed by atoms with Gasteiger partial charge in [0.25, 0.3) is 0 Å². The molecule has 6 nitrogen and oxygen atoms in total. The van der Waals surface area contributed by atoms with Crippen LogP contribution in [0.25, 0.3) is 11.4 Å². The van der Waals surface area contributed by atoms with Crippen molar-refractivity contribution in [2.75, 3.05) is 11.4 Å². The van der Waals surface area contributed by atoms with Crippen molar-refractivity contribution in [2.24, 2.45) is 0 Å². The fourth-order valence-corrected chi connectivity index (χ4v) is 3.89. The Morgan fingerprint density at radius 2 is 1.67 bits per heavy atom. The van der Waals surface area contributed by atoms with E-state index in [1.54, 1.807) is 4.80 Å². The molecule has 0 aliphatic heterocycles. The van der Waals surface area contributed by atoms with E-state index in [-0.39, 0.29) is 0 Å². The summed E-state index contributed by atoms with van der Waals surface area (Å²) in [6.07, 6.45) is 0. The molecule has 1 aromatic heterocycles. The molecule has 0 saturated heterocycles. The van der Waals surface area contributed by atoms with Gasteiger partial charge in [0.05, 0.1) is 6.54 Å². The molecule has 184 valence electrons. The van der Waals surface area contributed by atoms with Crippen molar-refractivity contribution in [3.8, 4) is 11.4 Å². The van der Waals surface area contributed by atoms with Gasteiger partial charge in [0.1, 0.15) is 6.54 Å². The SMILES string of the molecule is C=C(CN(C(=C)Cn1nnc(-c2ccc(Cl)cc2)n1)c1ccc(C(C)C)cc1)NCc1ccccc1. The van der Waals surface area contributed by atoms with Crippen molar-refractivity contribution in [1.82, 2.24) is 25.5 Å². The van der Waals surface area contributed by atoms with Crippen LogP contribution in [0.15, 0.2) is 103 Å². The molecule has 0 aliphatic carbocycles. The third-order valence-electron chi connectivity index (χ3n) is 5.87. The van der Waals surface area contributed by atoms with E-state index in [1.807, 2.05) is 42.5 Å². The molecule has 0 fully saturated rings. The van der Waals surface area contributed by atoms with Crippen LogP contribution in [-0.4, -0.2) is 26.8 Å². The smallest absolute Gasteiger partial charge is 0.204 e. The zero-order chi connectivity index (χ0) is 25.5. The van der Waals surface area contributed by atoms with E-state index in [0.29, 0.717) is 36.4 Å². The summed E-state index contributed by atoms with van der Waals surface area (Å²) in [5.74, 6) is 1.00. The second-order valence-electron chi connectivity index (χ2n) is 8.99. The Morgan fingerprint density at radius 3 is 2.33 bits per heavy atom. The van der Waals surface area contributed by atoms with Gasteiger partial charge in [-0.1, -0.05) is 81.1 Å². The number of tetrazole rings is 1. The Kier molecular flexibility index (Phi) is 8.18. The van der Waals surface area contributed by atoms with Crippen LogP contribution in [0.5, 0.6) is 0 Å². The number of nitrogens with one attached hydrogen (secondary N) is 1. The van der Waals surface area contributed by atoms with Gasteiger partial charge in [-0.15, -0.1) is 10.2 Å². The van der Waals surface area contributed by atoms with Crippen molar-refractivity contribution >= 4 is 17.3 Å². The third kappa shape index (κ3) is 6.61. The molecule has 0 spiro atoms. The zero-order valence-corrected chi connectivity index (χ0v) is 21.5. The fourth-order valence-electron chi connectivity index (χ4n) is 3.77. The highest BCUT2D eigenvalue weighted by atomic mass is 35.5. The summed E-state index contributed by atoms with van der Waals surface area (Å²) in [5.41, 5.74) is 6.10. The lowest BCUT2D eigenvalue weighted by molar-refractivity contribution is 0.557. The number of rotatable bonds is 11. The van der Waals surface area contributed by atoms with Crippen LogP contribution in [0.2, 0.25) is 5.02 Å². The van der Waals surface area contributed by atoms with Gasteiger partial charge in [-0.2, -0.15) is 4.80 Å². The first-order valence-electron chi connectivity index (χ1n) is 11.9. The van der Waals surface area contributed by atoms with Crippen LogP contribution in [0.1, 0.15) is 30.9 Å². The van der Waals surface area contributed by atoms with Gasteiger partial charge in [-0.05, 0) is 58.7 Å². The second-order valence-corrected chi connectivity index (χ2v) is 9.43. The van der Waals surface area contributed by atoms with Gasteiger partial charge >= 0.3 is 0 Å². The first-order valence-corrected chi connectivity index (χ1v) is 12.3. The highest BCUT2D eigenvalue weighted by Gasteiger charge is 2.15. The predicted octanol–water partition coefficient (Wildman–Crippen LogP) is 6.44. The molecule has 4 rings (SSSR count). The van der Waals surface area contributed by atoms with Crippen molar-refractivity contribution in [3.63, 3.8) is 0 Å². The van der Waals surface area contributed by atoms with E-state index < -0.39 is 0 Å². The van der Waals surface area contributed by atoms with E-state index in [0.717, 1.165) is 22.6 Å². The first kappa shape index (κ1) is 25.2. The largest absolute Gasteiger partial charge is 0.383 e. The molecule has 0 saturated carbocycles. The summed E-state index contributed by atoms with van der Waals surface area (Å²) in [7, 11) is 0. The Balaban J connectivity index is 1.49. The number of benzene rings is 3. The number of nitrogens with zero attached hydrogens (tertiary/aromatic N) is 5. The molecule has 0 unspecified atom stereocenters. The minimum atomic E-state index is 0.387. The molecule has 7 heteroatoms. The molecular formula is C29H31ClN6. The topological polar surface area (TPSA) is 58.9 Å². The Hall–Kier alpha value is -3.90. The van der Waals surface area contributed by atoms with Crippen molar-refractivity contribution in [1.29, 1.82) is 0 Å². The van der Waals surface area contributed by atoms with Gasteiger partial charge in [-0.3, -0.25) is 0 Å². The van der Waals surface area contributed by atoms with Crippen LogP contribution < -0.4 is 10.2 Å². The molecule has 1 N–H and O–H groups in total. The molecule has 36 heavy (non-hydrogen) atoms. The summed E-state index contributed by atoms with van der Waals surface area (Å²) in [4.78, 5) is 3.69. The Bertz CT molecular complexity index is 1290. The van der Waals surface area contributed by atoms with Gasteiger partial charge in [-0.25, -0.2) is 0 Å². The summed E-state index contributed by atoms with van der Waals surface area (Å²) >= 11 is 6.00. The molecule has 1 heterocycles. The minimum absolute atomic E-state index is 0.387. The normalized spacial score (nSPS) is 10.9. The van der Waals surface area contributed by atoms with E-state index in [2.05, 4.69) is 89.0 Å². The molecule has 0 aliphatic rings. The fraction of sp³-hybridized carbons (Fsp3) is 0.207. The van der Waals surface area contributed by atoms with Crippen LogP contribution in [0.3, 0.4) is 0 Å². The summed E-state index contributed by atoms with van der Waals surface area (Å²) < 4.78 is 0.